The highest BCUT2D eigenvalue weighted by molar-refractivity contribution is 5.76. The maximum Gasteiger partial charge on any atom is 0.222 e. The van der Waals surface area contributed by atoms with Gasteiger partial charge < -0.3 is 10.6 Å². The van der Waals surface area contributed by atoms with E-state index >= 15 is 0 Å². The summed E-state index contributed by atoms with van der Waals surface area (Å²) in [5.74, 6) is 2.16. The first-order valence-electron chi connectivity index (χ1n) is 8.41. The van der Waals surface area contributed by atoms with Gasteiger partial charge in [0.2, 0.25) is 5.91 Å². The molecule has 3 heteroatoms. The van der Waals surface area contributed by atoms with Crippen molar-refractivity contribution in [1.82, 2.24) is 4.90 Å². The Hall–Kier alpha value is -0.570. The molecule has 0 spiro atoms. The molecule has 0 aliphatic heterocycles. The van der Waals surface area contributed by atoms with E-state index < -0.39 is 0 Å². The Morgan fingerprint density at radius 1 is 1.05 bits per heavy atom. The average Bonchev–Trinajstić information content (AvgIpc) is 2.36. The lowest BCUT2D eigenvalue weighted by Gasteiger charge is -2.29. The second-order valence-electron chi connectivity index (χ2n) is 7.41. The standard InChI is InChI=1S/C17H34N2O/c1-13(2)11-19(12-14(3)4)17(20)10-7-15-5-8-16(18)9-6-15/h13-16H,5-12,18H2,1-4H3. The van der Waals surface area contributed by atoms with Crippen LogP contribution < -0.4 is 5.73 Å². The number of hydrogen-bond donors (Lipinski definition) is 1. The summed E-state index contributed by atoms with van der Waals surface area (Å²) < 4.78 is 0. The first kappa shape index (κ1) is 17.5. The summed E-state index contributed by atoms with van der Waals surface area (Å²) in [7, 11) is 0. The van der Waals surface area contributed by atoms with Crippen LogP contribution in [0.15, 0.2) is 0 Å². The van der Waals surface area contributed by atoms with Crippen LogP contribution in [0.3, 0.4) is 0 Å². The number of carbonyl (C=O) groups excluding carboxylic acids is 1. The fraction of sp³-hybridized carbons (Fsp3) is 0.941. The van der Waals surface area contributed by atoms with E-state index in [2.05, 4.69) is 32.6 Å². The third-order valence-corrected chi connectivity index (χ3v) is 4.18. The Morgan fingerprint density at radius 2 is 1.55 bits per heavy atom. The van der Waals surface area contributed by atoms with Gasteiger partial charge in [0, 0.05) is 25.6 Å². The van der Waals surface area contributed by atoms with E-state index in [0.717, 1.165) is 44.7 Å². The molecule has 1 aliphatic carbocycles. The Balaban J connectivity index is 2.37. The van der Waals surface area contributed by atoms with Gasteiger partial charge in [-0.1, -0.05) is 27.7 Å². The van der Waals surface area contributed by atoms with E-state index in [9.17, 15) is 4.79 Å². The van der Waals surface area contributed by atoms with Gasteiger partial charge in [0.1, 0.15) is 0 Å². The number of amides is 1. The van der Waals surface area contributed by atoms with Crippen molar-refractivity contribution >= 4 is 5.91 Å². The lowest BCUT2D eigenvalue weighted by molar-refractivity contribution is -0.132. The molecule has 1 aliphatic rings. The first-order valence-corrected chi connectivity index (χ1v) is 8.41. The predicted molar refractivity (Wildman–Crippen MR) is 85.4 cm³/mol. The van der Waals surface area contributed by atoms with Crippen molar-refractivity contribution in [2.24, 2.45) is 23.5 Å². The molecule has 0 atom stereocenters. The molecule has 1 rings (SSSR count). The molecule has 20 heavy (non-hydrogen) atoms. The van der Waals surface area contributed by atoms with E-state index in [1.165, 1.54) is 12.8 Å². The Bertz CT molecular complexity index is 271. The van der Waals surface area contributed by atoms with Gasteiger partial charge in [-0.25, -0.2) is 0 Å². The minimum absolute atomic E-state index is 0.349. The zero-order valence-corrected chi connectivity index (χ0v) is 13.9. The van der Waals surface area contributed by atoms with Crippen LogP contribution in [-0.4, -0.2) is 29.9 Å². The third-order valence-electron chi connectivity index (χ3n) is 4.18. The second-order valence-corrected chi connectivity index (χ2v) is 7.41. The number of rotatable bonds is 7. The fourth-order valence-corrected chi connectivity index (χ4v) is 3.12. The minimum atomic E-state index is 0.349. The number of carbonyl (C=O) groups is 1. The van der Waals surface area contributed by atoms with Crippen LogP contribution in [0.5, 0.6) is 0 Å². The lowest BCUT2D eigenvalue weighted by Crippen LogP contribution is -2.37. The highest BCUT2D eigenvalue weighted by atomic mass is 16.2. The van der Waals surface area contributed by atoms with Crippen molar-refractivity contribution in [3.05, 3.63) is 0 Å². The van der Waals surface area contributed by atoms with Crippen LogP contribution >= 0.6 is 0 Å². The Morgan fingerprint density at radius 3 is 2.00 bits per heavy atom. The van der Waals surface area contributed by atoms with Gasteiger partial charge in [-0.05, 0) is 49.9 Å². The maximum absolute atomic E-state index is 12.4. The van der Waals surface area contributed by atoms with Crippen LogP contribution in [0, 0.1) is 17.8 Å². The molecule has 3 nitrogen and oxygen atoms in total. The zero-order valence-electron chi connectivity index (χ0n) is 13.9. The van der Waals surface area contributed by atoms with Crippen LogP contribution in [0.2, 0.25) is 0 Å². The molecule has 1 saturated carbocycles. The molecule has 1 amide bonds. The highest BCUT2D eigenvalue weighted by Gasteiger charge is 2.21. The Labute approximate surface area is 125 Å². The van der Waals surface area contributed by atoms with Crippen LogP contribution in [0.1, 0.15) is 66.2 Å². The van der Waals surface area contributed by atoms with Crippen LogP contribution in [0.4, 0.5) is 0 Å². The van der Waals surface area contributed by atoms with Crippen molar-refractivity contribution in [3.8, 4) is 0 Å². The molecular weight excluding hydrogens is 248 g/mol. The van der Waals surface area contributed by atoms with Crippen LogP contribution in [-0.2, 0) is 4.79 Å². The zero-order chi connectivity index (χ0) is 15.1. The molecule has 0 aromatic carbocycles. The van der Waals surface area contributed by atoms with E-state index in [1.54, 1.807) is 0 Å². The van der Waals surface area contributed by atoms with E-state index in [4.69, 9.17) is 5.73 Å². The number of nitrogens with two attached hydrogens (primary N) is 1. The molecule has 0 unspecified atom stereocenters. The number of nitrogens with zero attached hydrogens (tertiary/aromatic N) is 1. The van der Waals surface area contributed by atoms with Crippen molar-refractivity contribution < 1.29 is 4.79 Å². The fourth-order valence-electron chi connectivity index (χ4n) is 3.12. The van der Waals surface area contributed by atoms with Gasteiger partial charge in [0.25, 0.3) is 0 Å². The summed E-state index contributed by atoms with van der Waals surface area (Å²) in [6, 6.07) is 0.403. The summed E-state index contributed by atoms with van der Waals surface area (Å²) in [5.41, 5.74) is 5.94. The molecule has 2 N–H and O–H groups in total. The van der Waals surface area contributed by atoms with E-state index in [1.807, 2.05) is 0 Å². The van der Waals surface area contributed by atoms with Crippen molar-refractivity contribution in [2.75, 3.05) is 13.1 Å². The van der Waals surface area contributed by atoms with E-state index in [0.29, 0.717) is 23.8 Å². The van der Waals surface area contributed by atoms with Crippen molar-refractivity contribution in [2.45, 2.75) is 72.3 Å². The molecule has 0 aromatic rings. The largest absolute Gasteiger partial charge is 0.342 e. The van der Waals surface area contributed by atoms with Crippen LogP contribution in [0.25, 0.3) is 0 Å². The molecule has 118 valence electrons. The Kier molecular flexibility index (Phi) is 7.57. The van der Waals surface area contributed by atoms with Gasteiger partial charge in [0.05, 0.1) is 0 Å². The summed E-state index contributed by atoms with van der Waals surface area (Å²) in [4.78, 5) is 14.5. The average molecular weight is 282 g/mol. The SMILES string of the molecule is CC(C)CN(CC(C)C)C(=O)CCC1CCC(N)CC1. The molecular formula is C17H34N2O. The van der Waals surface area contributed by atoms with Gasteiger partial charge in [-0.15, -0.1) is 0 Å². The summed E-state index contributed by atoms with van der Waals surface area (Å²) in [5, 5.41) is 0. The lowest BCUT2D eigenvalue weighted by atomic mass is 9.83. The number of hydrogen-bond acceptors (Lipinski definition) is 2. The van der Waals surface area contributed by atoms with Crippen molar-refractivity contribution in [1.29, 1.82) is 0 Å². The topological polar surface area (TPSA) is 46.3 Å². The molecule has 0 aromatic heterocycles. The molecule has 0 bridgehead atoms. The van der Waals surface area contributed by atoms with Gasteiger partial charge in [-0.3, -0.25) is 4.79 Å². The van der Waals surface area contributed by atoms with Gasteiger partial charge >= 0.3 is 0 Å². The van der Waals surface area contributed by atoms with E-state index in [-0.39, 0.29) is 0 Å². The second kappa shape index (κ2) is 8.66. The highest BCUT2D eigenvalue weighted by Crippen LogP contribution is 2.27. The normalized spacial score (nSPS) is 23.4. The maximum atomic E-state index is 12.4. The predicted octanol–water partition coefficient (Wildman–Crippen LogP) is 3.42. The summed E-state index contributed by atoms with van der Waals surface area (Å²) in [6.45, 7) is 10.5. The molecule has 1 fully saturated rings. The first-order chi connectivity index (χ1) is 9.38. The van der Waals surface area contributed by atoms with Gasteiger partial charge in [-0.2, -0.15) is 0 Å². The quantitative estimate of drug-likeness (QED) is 0.777. The van der Waals surface area contributed by atoms with Crippen molar-refractivity contribution in [3.63, 3.8) is 0 Å². The molecule has 0 radical (unpaired) electrons. The summed E-state index contributed by atoms with van der Waals surface area (Å²) in [6.07, 6.45) is 6.48. The minimum Gasteiger partial charge on any atom is -0.342 e. The van der Waals surface area contributed by atoms with Gasteiger partial charge in [0.15, 0.2) is 0 Å². The summed E-state index contributed by atoms with van der Waals surface area (Å²) >= 11 is 0. The monoisotopic (exact) mass is 282 g/mol. The molecule has 0 saturated heterocycles. The third kappa shape index (κ3) is 6.74. The molecule has 0 heterocycles. The smallest absolute Gasteiger partial charge is 0.222 e.